The first-order chi connectivity index (χ1) is 7.00. The molecule has 0 bridgehead atoms. The Hall–Kier alpha value is -0.670. The summed E-state index contributed by atoms with van der Waals surface area (Å²) in [5.41, 5.74) is 1.81. The van der Waals surface area contributed by atoms with Crippen molar-refractivity contribution in [3.8, 4) is 0 Å². The minimum absolute atomic E-state index is 0.147. The molecule has 0 saturated heterocycles. The Bertz CT molecular complexity index is 361. The molecule has 82 valence electrons. The molecule has 2 nitrogen and oxygen atoms in total. The van der Waals surface area contributed by atoms with Gasteiger partial charge in [0.2, 0.25) is 0 Å². The van der Waals surface area contributed by atoms with Crippen LogP contribution in [0.2, 0.25) is 0 Å². The SMILES string of the molecule is Cc1cc(Br)ccc1C(=O)CNC(C)C. The first-order valence-electron chi connectivity index (χ1n) is 5.03. The summed E-state index contributed by atoms with van der Waals surface area (Å²) in [6, 6.07) is 6.06. The van der Waals surface area contributed by atoms with Gasteiger partial charge in [-0.3, -0.25) is 4.79 Å². The molecule has 0 heterocycles. The zero-order valence-corrected chi connectivity index (χ0v) is 10.9. The third kappa shape index (κ3) is 3.76. The first kappa shape index (κ1) is 12.4. The van der Waals surface area contributed by atoms with E-state index in [0.717, 1.165) is 15.6 Å². The second kappa shape index (κ2) is 5.42. The highest BCUT2D eigenvalue weighted by atomic mass is 79.9. The molecule has 0 aliphatic rings. The minimum Gasteiger partial charge on any atom is -0.307 e. The predicted molar refractivity (Wildman–Crippen MR) is 66.3 cm³/mol. The molecular formula is C12H16BrNO. The molecule has 0 fully saturated rings. The lowest BCUT2D eigenvalue weighted by atomic mass is 10.0. The zero-order valence-electron chi connectivity index (χ0n) is 9.30. The summed E-state index contributed by atoms with van der Waals surface area (Å²) >= 11 is 3.38. The Morgan fingerprint density at radius 1 is 1.47 bits per heavy atom. The molecule has 0 unspecified atom stereocenters. The Balaban J connectivity index is 2.74. The maximum atomic E-state index is 11.8. The van der Waals surface area contributed by atoms with Crippen molar-refractivity contribution in [2.75, 3.05) is 6.54 Å². The molecule has 0 amide bonds. The molecule has 1 aromatic rings. The van der Waals surface area contributed by atoms with Gasteiger partial charge in [-0.1, -0.05) is 29.8 Å². The quantitative estimate of drug-likeness (QED) is 0.852. The van der Waals surface area contributed by atoms with Gasteiger partial charge in [0, 0.05) is 16.1 Å². The van der Waals surface area contributed by atoms with Crippen molar-refractivity contribution in [1.29, 1.82) is 0 Å². The van der Waals surface area contributed by atoms with E-state index in [2.05, 4.69) is 21.2 Å². The molecule has 15 heavy (non-hydrogen) atoms. The van der Waals surface area contributed by atoms with Gasteiger partial charge in [0.25, 0.3) is 0 Å². The van der Waals surface area contributed by atoms with E-state index in [1.165, 1.54) is 0 Å². The highest BCUT2D eigenvalue weighted by Gasteiger charge is 2.09. The average molecular weight is 270 g/mol. The van der Waals surface area contributed by atoms with E-state index in [0.29, 0.717) is 12.6 Å². The summed E-state index contributed by atoms with van der Waals surface area (Å²) < 4.78 is 1.01. The number of Topliss-reactive ketones (excluding diaryl/α,β-unsaturated/α-hetero) is 1. The first-order valence-corrected chi connectivity index (χ1v) is 5.82. The molecule has 0 radical (unpaired) electrons. The Kier molecular flexibility index (Phi) is 4.48. The number of benzene rings is 1. The Morgan fingerprint density at radius 3 is 2.67 bits per heavy atom. The monoisotopic (exact) mass is 269 g/mol. The second-order valence-electron chi connectivity index (χ2n) is 3.92. The summed E-state index contributed by atoms with van der Waals surface area (Å²) in [6.45, 7) is 6.41. The topological polar surface area (TPSA) is 29.1 Å². The van der Waals surface area contributed by atoms with E-state index >= 15 is 0 Å². The van der Waals surface area contributed by atoms with Crippen molar-refractivity contribution < 1.29 is 4.79 Å². The molecule has 0 saturated carbocycles. The highest BCUT2D eigenvalue weighted by molar-refractivity contribution is 9.10. The second-order valence-corrected chi connectivity index (χ2v) is 4.83. The molecule has 0 spiro atoms. The van der Waals surface area contributed by atoms with Crippen molar-refractivity contribution in [2.45, 2.75) is 26.8 Å². The van der Waals surface area contributed by atoms with Crippen LogP contribution in [0.1, 0.15) is 29.8 Å². The van der Waals surface area contributed by atoms with Gasteiger partial charge in [-0.15, -0.1) is 0 Å². The largest absolute Gasteiger partial charge is 0.307 e. The van der Waals surface area contributed by atoms with Crippen molar-refractivity contribution in [3.63, 3.8) is 0 Å². The summed E-state index contributed by atoms with van der Waals surface area (Å²) in [5.74, 6) is 0.147. The van der Waals surface area contributed by atoms with Crippen LogP contribution in [0, 0.1) is 6.92 Å². The fraction of sp³-hybridized carbons (Fsp3) is 0.417. The van der Waals surface area contributed by atoms with Crippen LogP contribution in [-0.4, -0.2) is 18.4 Å². The van der Waals surface area contributed by atoms with Crippen molar-refractivity contribution >= 4 is 21.7 Å². The number of carbonyl (C=O) groups is 1. The lowest BCUT2D eigenvalue weighted by Crippen LogP contribution is -2.29. The molecule has 0 atom stereocenters. The summed E-state index contributed by atoms with van der Waals surface area (Å²) in [5, 5.41) is 3.12. The molecule has 0 aliphatic carbocycles. The van der Waals surface area contributed by atoms with Gasteiger partial charge >= 0.3 is 0 Å². The van der Waals surface area contributed by atoms with Crippen LogP contribution >= 0.6 is 15.9 Å². The molecular weight excluding hydrogens is 254 g/mol. The number of halogens is 1. The summed E-state index contributed by atoms with van der Waals surface area (Å²) in [6.07, 6.45) is 0. The van der Waals surface area contributed by atoms with Crippen LogP contribution < -0.4 is 5.32 Å². The lowest BCUT2D eigenvalue weighted by Gasteiger charge is -2.09. The third-order valence-electron chi connectivity index (χ3n) is 2.16. The van der Waals surface area contributed by atoms with Crippen LogP contribution in [0.15, 0.2) is 22.7 Å². The van der Waals surface area contributed by atoms with Crippen LogP contribution in [0.5, 0.6) is 0 Å². The van der Waals surface area contributed by atoms with E-state index in [9.17, 15) is 4.79 Å². The zero-order chi connectivity index (χ0) is 11.4. The molecule has 3 heteroatoms. The van der Waals surface area contributed by atoms with Gasteiger partial charge in [-0.2, -0.15) is 0 Å². The van der Waals surface area contributed by atoms with E-state index < -0.39 is 0 Å². The Morgan fingerprint density at radius 2 is 2.13 bits per heavy atom. The standard InChI is InChI=1S/C12H16BrNO/c1-8(2)14-7-12(15)11-5-4-10(13)6-9(11)3/h4-6,8,14H,7H2,1-3H3. The number of hydrogen-bond donors (Lipinski definition) is 1. The van der Waals surface area contributed by atoms with Crippen molar-refractivity contribution in [2.24, 2.45) is 0 Å². The molecule has 1 rings (SSSR count). The van der Waals surface area contributed by atoms with Gasteiger partial charge in [0.15, 0.2) is 5.78 Å². The number of carbonyl (C=O) groups excluding carboxylic acids is 1. The smallest absolute Gasteiger partial charge is 0.176 e. The summed E-state index contributed by atoms with van der Waals surface area (Å²) in [7, 11) is 0. The number of aryl methyl sites for hydroxylation is 1. The van der Waals surface area contributed by atoms with Crippen LogP contribution in [0.3, 0.4) is 0 Å². The lowest BCUT2D eigenvalue weighted by molar-refractivity contribution is 0.0988. The van der Waals surface area contributed by atoms with Crippen LogP contribution in [0.25, 0.3) is 0 Å². The van der Waals surface area contributed by atoms with Gasteiger partial charge in [-0.05, 0) is 30.7 Å². The average Bonchev–Trinajstić information content (AvgIpc) is 2.14. The van der Waals surface area contributed by atoms with Gasteiger partial charge < -0.3 is 5.32 Å². The van der Waals surface area contributed by atoms with Crippen molar-refractivity contribution in [3.05, 3.63) is 33.8 Å². The predicted octanol–water partition coefficient (Wildman–Crippen LogP) is 2.94. The molecule has 1 aromatic carbocycles. The van der Waals surface area contributed by atoms with E-state index in [1.807, 2.05) is 39.0 Å². The normalized spacial score (nSPS) is 10.7. The maximum Gasteiger partial charge on any atom is 0.176 e. The van der Waals surface area contributed by atoms with Gasteiger partial charge in [0.1, 0.15) is 0 Å². The molecule has 1 N–H and O–H groups in total. The van der Waals surface area contributed by atoms with E-state index in [4.69, 9.17) is 0 Å². The van der Waals surface area contributed by atoms with Crippen LogP contribution in [-0.2, 0) is 0 Å². The third-order valence-corrected chi connectivity index (χ3v) is 2.65. The van der Waals surface area contributed by atoms with Crippen molar-refractivity contribution in [1.82, 2.24) is 5.32 Å². The fourth-order valence-corrected chi connectivity index (χ4v) is 1.81. The molecule has 0 aliphatic heterocycles. The highest BCUT2D eigenvalue weighted by Crippen LogP contribution is 2.16. The van der Waals surface area contributed by atoms with Gasteiger partial charge in [0.05, 0.1) is 6.54 Å². The number of ketones is 1. The van der Waals surface area contributed by atoms with E-state index in [1.54, 1.807) is 0 Å². The minimum atomic E-state index is 0.147. The summed E-state index contributed by atoms with van der Waals surface area (Å²) in [4.78, 5) is 11.8. The Labute approximate surface area is 99.2 Å². The number of nitrogens with one attached hydrogen (secondary N) is 1. The maximum absolute atomic E-state index is 11.8. The van der Waals surface area contributed by atoms with Gasteiger partial charge in [-0.25, -0.2) is 0 Å². The fourth-order valence-electron chi connectivity index (χ4n) is 1.33. The number of rotatable bonds is 4. The molecule has 0 aromatic heterocycles. The van der Waals surface area contributed by atoms with E-state index in [-0.39, 0.29) is 5.78 Å². The van der Waals surface area contributed by atoms with Crippen LogP contribution in [0.4, 0.5) is 0 Å². The number of hydrogen-bond acceptors (Lipinski definition) is 2.